The normalized spacial score (nSPS) is 20.4. The van der Waals surface area contributed by atoms with Gasteiger partial charge in [-0.05, 0) is 41.7 Å². The lowest BCUT2D eigenvalue weighted by molar-refractivity contribution is -0.149. The van der Waals surface area contributed by atoms with Crippen LogP contribution >= 0.6 is 23.2 Å². The molecule has 0 heterocycles. The van der Waals surface area contributed by atoms with E-state index < -0.39 is 12.1 Å². The molecule has 1 aliphatic carbocycles. The summed E-state index contributed by atoms with van der Waals surface area (Å²) in [6, 6.07) is 18.3. The first kappa shape index (κ1) is 20.3. The molecule has 0 aromatic heterocycles. The number of nitriles is 1. The Bertz CT molecular complexity index is 930. The highest BCUT2D eigenvalue weighted by atomic mass is 35.5. The van der Waals surface area contributed by atoms with Crippen LogP contribution in [-0.4, -0.2) is 5.97 Å². The van der Waals surface area contributed by atoms with Gasteiger partial charge in [0.25, 0.3) is 0 Å². The molecule has 3 atom stereocenters. The lowest BCUT2D eigenvalue weighted by Crippen LogP contribution is -2.14. The van der Waals surface area contributed by atoms with Crippen LogP contribution in [0.2, 0.25) is 0 Å². The SMILES string of the molecule is CC1(C)[C@H](C=C(Cl)Cl)[C@@H]1C(=O)O[C@@H](C#N)c1cccc(Oc2ccccc2)c1. The van der Waals surface area contributed by atoms with Gasteiger partial charge in [-0.1, -0.05) is 67.4 Å². The fourth-order valence-corrected chi connectivity index (χ4v) is 3.57. The topological polar surface area (TPSA) is 59.3 Å². The number of esters is 1. The van der Waals surface area contributed by atoms with E-state index in [-0.39, 0.29) is 21.7 Å². The molecule has 6 heteroatoms. The second-order valence-electron chi connectivity index (χ2n) is 7.21. The second kappa shape index (κ2) is 8.26. The number of hydrogen-bond acceptors (Lipinski definition) is 4. The number of rotatable bonds is 6. The Morgan fingerprint density at radius 1 is 1.14 bits per heavy atom. The van der Waals surface area contributed by atoms with Crippen molar-refractivity contribution in [2.75, 3.05) is 0 Å². The Balaban J connectivity index is 1.72. The van der Waals surface area contributed by atoms with E-state index in [0.717, 1.165) is 0 Å². The zero-order valence-electron chi connectivity index (χ0n) is 15.4. The summed E-state index contributed by atoms with van der Waals surface area (Å²) < 4.78 is 11.4. The van der Waals surface area contributed by atoms with E-state index in [0.29, 0.717) is 17.1 Å². The van der Waals surface area contributed by atoms with Gasteiger partial charge in [-0.15, -0.1) is 0 Å². The predicted molar refractivity (Wildman–Crippen MR) is 108 cm³/mol. The first-order valence-electron chi connectivity index (χ1n) is 8.78. The van der Waals surface area contributed by atoms with Crippen LogP contribution in [0.4, 0.5) is 0 Å². The number of para-hydroxylation sites is 1. The van der Waals surface area contributed by atoms with E-state index in [1.54, 1.807) is 30.3 Å². The molecule has 0 radical (unpaired) electrons. The molecule has 2 aromatic carbocycles. The van der Waals surface area contributed by atoms with Crippen LogP contribution in [0.15, 0.2) is 65.2 Å². The molecular weight excluding hydrogens is 397 g/mol. The molecule has 2 aromatic rings. The third-order valence-electron chi connectivity index (χ3n) is 4.96. The summed E-state index contributed by atoms with van der Waals surface area (Å²) in [5, 5.41) is 9.53. The van der Waals surface area contributed by atoms with Crippen molar-refractivity contribution in [1.82, 2.24) is 0 Å². The van der Waals surface area contributed by atoms with Gasteiger partial charge in [-0.3, -0.25) is 4.79 Å². The zero-order chi connectivity index (χ0) is 20.3. The minimum Gasteiger partial charge on any atom is -0.457 e. The highest BCUT2D eigenvalue weighted by molar-refractivity contribution is 6.55. The van der Waals surface area contributed by atoms with Crippen molar-refractivity contribution < 1.29 is 14.3 Å². The molecule has 4 nitrogen and oxygen atoms in total. The maximum absolute atomic E-state index is 12.6. The summed E-state index contributed by atoms with van der Waals surface area (Å²) in [5.74, 6) is 0.289. The Morgan fingerprint density at radius 2 is 1.82 bits per heavy atom. The quantitative estimate of drug-likeness (QED) is 0.528. The lowest BCUT2D eigenvalue weighted by atomic mass is 10.1. The minimum absolute atomic E-state index is 0.114. The minimum atomic E-state index is -1.03. The van der Waals surface area contributed by atoms with Gasteiger partial charge < -0.3 is 9.47 Å². The van der Waals surface area contributed by atoms with Crippen molar-refractivity contribution in [2.45, 2.75) is 20.0 Å². The van der Waals surface area contributed by atoms with Crippen molar-refractivity contribution >= 4 is 29.2 Å². The maximum Gasteiger partial charge on any atom is 0.311 e. The molecule has 0 spiro atoms. The predicted octanol–water partition coefficient (Wildman–Crippen LogP) is 6.18. The van der Waals surface area contributed by atoms with E-state index in [2.05, 4.69) is 0 Å². The van der Waals surface area contributed by atoms with Gasteiger partial charge >= 0.3 is 5.97 Å². The van der Waals surface area contributed by atoms with E-state index in [4.69, 9.17) is 32.7 Å². The first-order chi connectivity index (χ1) is 13.3. The molecule has 0 saturated heterocycles. The maximum atomic E-state index is 12.6. The average molecular weight is 416 g/mol. The molecule has 0 N–H and O–H groups in total. The van der Waals surface area contributed by atoms with Crippen LogP contribution in [0.3, 0.4) is 0 Å². The van der Waals surface area contributed by atoms with Gasteiger partial charge in [0.05, 0.1) is 5.92 Å². The van der Waals surface area contributed by atoms with Crippen LogP contribution in [0.5, 0.6) is 11.5 Å². The number of halogens is 2. The highest BCUT2D eigenvalue weighted by Crippen LogP contribution is 2.60. The first-order valence-corrected chi connectivity index (χ1v) is 9.54. The third kappa shape index (κ3) is 4.49. The van der Waals surface area contributed by atoms with Crippen LogP contribution in [0.25, 0.3) is 0 Å². The Labute approximate surface area is 174 Å². The van der Waals surface area contributed by atoms with Gasteiger partial charge in [0, 0.05) is 5.56 Å². The van der Waals surface area contributed by atoms with Crippen molar-refractivity contribution in [3.8, 4) is 17.6 Å². The molecule has 144 valence electrons. The molecule has 28 heavy (non-hydrogen) atoms. The number of allylic oxidation sites excluding steroid dienone is 1. The van der Waals surface area contributed by atoms with Gasteiger partial charge in [-0.2, -0.15) is 5.26 Å². The molecule has 0 amide bonds. The van der Waals surface area contributed by atoms with Gasteiger partial charge in [0.2, 0.25) is 6.10 Å². The van der Waals surface area contributed by atoms with Crippen LogP contribution in [0.1, 0.15) is 25.5 Å². The van der Waals surface area contributed by atoms with Gasteiger partial charge in [0.15, 0.2) is 0 Å². The largest absolute Gasteiger partial charge is 0.457 e. The Kier molecular flexibility index (Phi) is 5.98. The number of benzene rings is 2. The standard InChI is InChI=1S/C22H19Cl2NO3/c1-22(2)17(12-19(23)24)20(22)21(26)28-18(13-25)14-7-6-10-16(11-14)27-15-8-4-3-5-9-15/h3-12,17-18,20H,1-2H3/t17-,18+,20-/m1/s1. The molecule has 0 unspecified atom stereocenters. The molecule has 0 aliphatic heterocycles. The number of nitrogens with zero attached hydrogens (tertiary/aromatic N) is 1. The van der Waals surface area contributed by atoms with Crippen molar-refractivity contribution in [2.24, 2.45) is 17.3 Å². The monoisotopic (exact) mass is 415 g/mol. The number of hydrogen-bond donors (Lipinski definition) is 0. The number of carbonyl (C=O) groups is 1. The number of ether oxygens (including phenoxy) is 2. The van der Waals surface area contributed by atoms with E-state index in [1.165, 1.54) is 0 Å². The van der Waals surface area contributed by atoms with E-state index in [9.17, 15) is 10.1 Å². The summed E-state index contributed by atoms with van der Waals surface area (Å²) >= 11 is 11.5. The molecule has 3 rings (SSSR count). The van der Waals surface area contributed by atoms with Crippen molar-refractivity contribution in [3.05, 3.63) is 70.7 Å². The fraction of sp³-hybridized carbons (Fsp3) is 0.273. The van der Waals surface area contributed by atoms with E-state index >= 15 is 0 Å². The van der Waals surface area contributed by atoms with Gasteiger partial charge in [0.1, 0.15) is 22.1 Å². The Morgan fingerprint density at radius 3 is 2.46 bits per heavy atom. The van der Waals surface area contributed by atoms with Crippen molar-refractivity contribution in [3.63, 3.8) is 0 Å². The molecular formula is C22H19Cl2NO3. The summed E-state index contributed by atoms with van der Waals surface area (Å²) in [6.45, 7) is 3.87. The third-order valence-corrected chi connectivity index (χ3v) is 5.21. The summed E-state index contributed by atoms with van der Waals surface area (Å²) in [4.78, 5) is 12.6. The summed E-state index contributed by atoms with van der Waals surface area (Å²) in [5.41, 5.74) is 0.231. The zero-order valence-corrected chi connectivity index (χ0v) is 16.9. The second-order valence-corrected chi connectivity index (χ2v) is 8.22. The molecule has 1 saturated carbocycles. The smallest absolute Gasteiger partial charge is 0.311 e. The average Bonchev–Trinajstić information content (AvgIpc) is 3.20. The summed E-state index contributed by atoms with van der Waals surface area (Å²) in [7, 11) is 0. The molecule has 1 fully saturated rings. The van der Waals surface area contributed by atoms with Crippen LogP contribution < -0.4 is 4.74 Å². The lowest BCUT2D eigenvalue weighted by Gasteiger charge is -2.13. The fourth-order valence-electron chi connectivity index (χ4n) is 3.30. The van der Waals surface area contributed by atoms with E-state index in [1.807, 2.05) is 50.2 Å². The Hall–Kier alpha value is -2.48. The van der Waals surface area contributed by atoms with Crippen LogP contribution in [0, 0.1) is 28.6 Å². The summed E-state index contributed by atoms with van der Waals surface area (Å²) in [6.07, 6.45) is 0.615. The molecule has 1 aliphatic rings. The van der Waals surface area contributed by atoms with Crippen LogP contribution in [-0.2, 0) is 9.53 Å². The molecule has 0 bridgehead atoms. The highest BCUT2D eigenvalue weighted by Gasteiger charge is 2.62. The van der Waals surface area contributed by atoms with Crippen molar-refractivity contribution in [1.29, 1.82) is 5.26 Å². The number of carbonyl (C=O) groups excluding carboxylic acids is 1. The van der Waals surface area contributed by atoms with Gasteiger partial charge in [-0.25, -0.2) is 0 Å².